The standard InChI is InChI=1S/C35H46O9/c1-9-18(2)31(39)44-30-28-29-33(6,17-41-28)25(42-19(3)36)15-26(43-20(4)37)35(29,8)23-10-12-32(5)24(34(23,30)7)14-22(38)27(32)21-11-13-40-16-21/h11,13-14,16,18,23,25-30H,9-10,12,15,17H2,1-8H3/t18-,23+,25-,26+,27-,28-,29+,30-,32-,33-,34-,35+/m1/s1. The lowest BCUT2D eigenvalue weighted by molar-refractivity contribution is -0.267. The smallest absolute Gasteiger partial charge is 0.309 e. The van der Waals surface area contributed by atoms with E-state index in [4.69, 9.17) is 23.4 Å². The van der Waals surface area contributed by atoms with Gasteiger partial charge in [-0.15, -0.1) is 0 Å². The molecule has 0 radical (unpaired) electrons. The molecular formula is C35H46O9. The summed E-state index contributed by atoms with van der Waals surface area (Å²) in [6.07, 6.45) is 5.05. The van der Waals surface area contributed by atoms with Gasteiger partial charge < -0.3 is 23.4 Å². The fourth-order valence-electron chi connectivity index (χ4n) is 10.6. The van der Waals surface area contributed by atoms with Gasteiger partial charge >= 0.3 is 17.9 Å². The number of carbonyl (C=O) groups excluding carboxylic acids is 4. The third-order valence-corrected chi connectivity index (χ3v) is 12.6. The highest BCUT2D eigenvalue weighted by atomic mass is 16.6. The van der Waals surface area contributed by atoms with Crippen LogP contribution in [0.25, 0.3) is 0 Å². The first-order valence-corrected chi connectivity index (χ1v) is 16.1. The van der Waals surface area contributed by atoms with Crippen LogP contribution in [0.4, 0.5) is 0 Å². The Labute approximate surface area is 259 Å². The van der Waals surface area contributed by atoms with Crippen molar-refractivity contribution in [2.75, 3.05) is 6.61 Å². The van der Waals surface area contributed by atoms with Gasteiger partial charge in [-0.25, -0.2) is 0 Å². The summed E-state index contributed by atoms with van der Waals surface area (Å²) in [5.41, 5.74) is -0.791. The Morgan fingerprint density at radius 1 is 1.05 bits per heavy atom. The fourth-order valence-corrected chi connectivity index (χ4v) is 10.6. The molecule has 4 fully saturated rings. The molecule has 1 saturated heterocycles. The van der Waals surface area contributed by atoms with Crippen molar-refractivity contribution in [3.8, 4) is 0 Å². The van der Waals surface area contributed by atoms with E-state index in [1.165, 1.54) is 13.8 Å². The van der Waals surface area contributed by atoms with Gasteiger partial charge in [0.2, 0.25) is 0 Å². The first kappa shape index (κ1) is 31.1. The van der Waals surface area contributed by atoms with Gasteiger partial charge in [-0.05, 0) is 42.9 Å². The molecule has 9 nitrogen and oxygen atoms in total. The molecular weight excluding hydrogens is 564 g/mol. The second-order valence-corrected chi connectivity index (χ2v) is 15.0. The quantitative estimate of drug-likeness (QED) is 0.301. The molecule has 0 unspecified atom stereocenters. The summed E-state index contributed by atoms with van der Waals surface area (Å²) in [6, 6.07) is 1.86. The number of rotatable bonds is 6. The number of hydrogen-bond acceptors (Lipinski definition) is 9. The van der Waals surface area contributed by atoms with Crippen molar-refractivity contribution in [2.45, 2.75) is 111 Å². The first-order valence-electron chi connectivity index (χ1n) is 16.1. The van der Waals surface area contributed by atoms with Crippen LogP contribution in [0, 0.1) is 39.4 Å². The molecule has 9 heteroatoms. The highest BCUT2D eigenvalue weighted by molar-refractivity contribution is 6.00. The van der Waals surface area contributed by atoms with E-state index in [1.54, 1.807) is 18.6 Å². The van der Waals surface area contributed by atoms with Gasteiger partial charge in [-0.1, -0.05) is 41.5 Å². The Kier molecular flexibility index (Phi) is 7.27. The van der Waals surface area contributed by atoms with Crippen LogP contribution in [-0.4, -0.2) is 54.7 Å². The van der Waals surface area contributed by atoms with E-state index in [1.807, 2.05) is 19.9 Å². The third-order valence-electron chi connectivity index (χ3n) is 12.6. The molecule has 0 aromatic carbocycles. The Balaban J connectivity index is 1.55. The van der Waals surface area contributed by atoms with Crippen LogP contribution in [0.2, 0.25) is 0 Å². The first-order chi connectivity index (χ1) is 20.6. The molecule has 2 heterocycles. The van der Waals surface area contributed by atoms with Crippen LogP contribution in [0.1, 0.15) is 92.6 Å². The van der Waals surface area contributed by atoms with E-state index < -0.39 is 63.9 Å². The molecule has 0 bridgehead atoms. The number of carbonyl (C=O) groups is 4. The molecule has 0 spiro atoms. The molecule has 0 amide bonds. The number of ketones is 1. The van der Waals surface area contributed by atoms with Crippen molar-refractivity contribution in [1.82, 2.24) is 0 Å². The average Bonchev–Trinajstić information content (AvgIpc) is 3.65. The number of allylic oxidation sites excluding steroid dienone is 1. The summed E-state index contributed by atoms with van der Waals surface area (Å²) in [5, 5.41) is 0. The van der Waals surface area contributed by atoms with E-state index in [9.17, 15) is 19.2 Å². The fraction of sp³-hybridized carbons (Fsp3) is 0.714. The predicted molar refractivity (Wildman–Crippen MR) is 158 cm³/mol. The van der Waals surface area contributed by atoms with Crippen LogP contribution in [-0.2, 0) is 38.1 Å². The van der Waals surface area contributed by atoms with Gasteiger partial charge in [-0.3, -0.25) is 19.2 Å². The highest BCUT2D eigenvalue weighted by Crippen LogP contribution is 2.75. The van der Waals surface area contributed by atoms with Gasteiger partial charge in [0.15, 0.2) is 5.78 Å². The molecule has 1 aromatic heterocycles. The molecule has 240 valence electrons. The minimum atomic E-state index is -0.807. The molecule has 0 N–H and O–H groups in total. The summed E-state index contributed by atoms with van der Waals surface area (Å²) >= 11 is 0. The van der Waals surface area contributed by atoms with Gasteiger partial charge in [0.25, 0.3) is 0 Å². The van der Waals surface area contributed by atoms with Crippen LogP contribution >= 0.6 is 0 Å². The largest absolute Gasteiger partial charge is 0.472 e. The lowest BCUT2D eigenvalue weighted by Crippen LogP contribution is -2.73. The van der Waals surface area contributed by atoms with Gasteiger partial charge in [0.1, 0.15) is 18.3 Å². The molecule has 6 rings (SSSR count). The Morgan fingerprint density at radius 2 is 1.73 bits per heavy atom. The van der Waals surface area contributed by atoms with E-state index in [0.29, 0.717) is 19.4 Å². The maximum absolute atomic E-state index is 13.9. The molecule has 1 aliphatic heterocycles. The molecule has 5 aliphatic rings. The molecule has 1 aromatic rings. The van der Waals surface area contributed by atoms with Crippen molar-refractivity contribution in [3.63, 3.8) is 0 Å². The molecule has 12 atom stereocenters. The second kappa shape index (κ2) is 10.3. The van der Waals surface area contributed by atoms with E-state index >= 15 is 0 Å². The van der Waals surface area contributed by atoms with Crippen molar-refractivity contribution in [3.05, 3.63) is 35.8 Å². The van der Waals surface area contributed by atoms with Crippen molar-refractivity contribution in [2.24, 2.45) is 39.4 Å². The Morgan fingerprint density at radius 3 is 2.34 bits per heavy atom. The van der Waals surface area contributed by atoms with Crippen molar-refractivity contribution < 1.29 is 42.5 Å². The van der Waals surface area contributed by atoms with Crippen LogP contribution in [0.15, 0.2) is 34.7 Å². The maximum Gasteiger partial charge on any atom is 0.309 e. The van der Waals surface area contributed by atoms with Crippen molar-refractivity contribution >= 4 is 23.7 Å². The molecule has 44 heavy (non-hydrogen) atoms. The highest BCUT2D eigenvalue weighted by Gasteiger charge is 2.78. The second-order valence-electron chi connectivity index (χ2n) is 15.0. The Hall–Kier alpha value is -2.94. The summed E-state index contributed by atoms with van der Waals surface area (Å²) < 4.78 is 30.8. The predicted octanol–water partition coefficient (Wildman–Crippen LogP) is 5.56. The summed E-state index contributed by atoms with van der Waals surface area (Å²) in [4.78, 5) is 52.5. The zero-order valence-corrected chi connectivity index (χ0v) is 27.1. The minimum absolute atomic E-state index is 0.0114. The topological polar surface area (TPSA) is 118 Å². The maximum atomic E-state index is 13.9. The normalized spacial score (nSPS) is 44.5. The number of fused-ring (bicyclic) bond motifs is 4. The molecule has 4 aliphatic carbocycles. The number of hydrogen-bond donors (Lipinski definition) is 0. The lowest BCUT2D eigenvalue weighted by atomic mass is 9.36. The molecule has 3 saturated carbocycles. The zero-order chi connectivity index (χ0) is 32.0. The number of esters is 3. The van der Waals surface area contributed by atoms with Crippen LogP contribution in [0.5, 0.6) is 0 Å². The van der Waals surface area contributed by atoms with Gasteiger partial charge in [-0.2, -0.15) is 0 Å². The average molecular weight is 611 g/mol. The lowest BCUT2D eigenvalue weighted by Gasteiger charge is -2.69. The third kappa shape index (κ3) is 4.06. The number of furan rings is 1. The summed E-state index contributed by atoms with van der Waals surface area (Å²) in [5.74, 6) is -2.22. The van der Waals surface area contributed by atoms with E-state index in [0.717, 1.165) is 24.0 Å². The number of ether oxygens (including phenoxy) is 4. The minimum Gasteiger partial charge on any atom is -0.472 e. The van der Waals surface area contributed by atoms with Crippen LogP contribution < -0.4 is 0 Å². The van der Waals surface area contributed by atoms with E-state index in [2.05, 4.69) is 27.7 Å². The monoisotopic (exact) mass is 610 g/mol. The zero-order valence-electron chi connectivity index (χ0n) is 27.1. The van der Waals surface area contributed by atoms with Crippen LogP contribution in [0.3, 0.4) is 0 Å². The van der Waals surface area contributed by atoms with Gasteiger partial charge in [0, 0.05) is 53.4 Å². The summed E-state index contributed by atoms with van der Waals surface area (Å²) in [6.45, 7) is 15.5. The summed E-state index contributed by atoms with van der Waals surface area (Å²) in [7, 11) is 0. The van der Waals surface area contributed by atoms with E-state index in [-0.39, 0.29) is 29.5 Å². The van der Waals surface area contributed by atoms with Gasteiger partial charge in [0.05, 0.1) is 37.1 Å². The Bertz CT molecular complexity index is 1400. The SMILES string of the molecule is CC[C@@H](C)C(=O)O[C@@H]1[C@@H]2OC[C@]3(C)[C@H](OC(C)=O)C[C@H](OC(C)=O)[C@@](C)([C@@H]23)[C@H]2CC[C@]3(C)C(=CC(=O)[C@H]3c3ccoc3)[C@]12C. The van der Waals surface area contributed by atoms with Crippen molar-refractivity contribution in [1.29, 1.82) is 0 Å².